The highest BCUT2D eigenvalue weighted by Crippen LogP contribution is 2.45. The molecule has 2 fully saturated rings. The Morgan fingerprint density at radius 3 is 2.70 bits per heavy atom. The summed E-state index contributed by atoms with van der Waals surface area (Å²) in [6.07, 6.45) is -1.49. The maximum atomic E-state index is 13.4. The summed E-state index contributed by atoms with van der Waals surface area (Å²) < 4.78 is 45.2. The first-order valence-corrected chi connectivity index (χ1v) is 7.04. The molecule has 112 valence electrons. The molecule has 1 saturated heterocycles. The van der Waals surface area contributed by atoms with Crippen LogP contribution in [-0.4, -0.2) is 29.4 Å². The first-order valence-electron chi connectivity index (χ1n) is 7.04. The third-order valence-corrected chi connectivity index (χ3v) is 4.61. The lowest BCUT2D eigenvalue weighted by molar-refractivity contribution is -0.191. The minimum Gasteiger partial charge on any atom is -0.338 e. The second kappa shape index (κ2) is 4.72. The summed E-state index contributed by atoms with van der Waals surface area (Å²) in [5.41, 5.74) is -2.01. The van der Waals surface area contributed by atoms with Crippen molar-refractivity contribution < 1.29 is 17.7 Å². The van der Waals surface area contributed by atoms with Crippen LogP contribution in [0.3, 0.4) is 0 Å². The molecule has 20 heavy (non-hydrogen) atoms. The first-order chi connectivity index (χ1) is 9.42. The highest BCUT2D eigenvalue weighted by atomic mass is 19.4. The van der Waals surface area contributed by atoms with Gasteiger partial charge in [-0.3, -0.25) is 0 Å². The molecular weight excluding hydrogens is 271 g/mol. The summed E-state index contributed by atoms with van der Waals surface area (Å²) in [5, 5.41) is 6.58. The maximum absolute atomic E-state index is 13.4. The third-order valence-electron chi connectivity index (χ3n) is 4.61. The highest BCUT2D eigenvalue weighted by Gasteiger charge is 2.61. The summed E-state index contributed by atoms with van der Waals surface area (Å²) in [7, 11) is 0. The predicted octanol–water partition coefficient (Wildman–Crippen LogP) is 2.77. The van der Waals surface area contributed by atoms with Gasteiger partial charge in [-0.1, -0.05) is 12.1 Å². The van der Waals surface area contributed by atoms with Crippen molar-refractivity contribution in [2.45, 2.75) is 50.1 Å². The van der Waals surface area contributed by atoms with Crippen LogP contribution in [0.1, 0.15) is 50.2 Å². The summed E-state index contributed by atoms with van der Waals surface area (Å²) in [6.45, 7) is 2.27. The average Bonchev–Trinajstić information content (AvgIpc) is 3.07. The topological polar surface area (TPSA) is 51.0 Å². The Bertz CT molecular complexity index is 479. The first kappa shape index (κ1) is 13.9. The fourth-order valence-electron chi connectivity index (χ4n) is 3.27. The summed E-state index contributed by atoms with van der Waals surface area (Å²) in [4.78, 5) is 4.11. The van der Waals surface area contributed by atoms with Gasteiger partial charge in [0.2, 0.25) is 5.89 Å². The Labute approximate surface area is 115 Å². The van der Waals surface area contributed by atoms with E-state index in [9.17, 15) is 13.2 Å². The van der Waals surface area contributed by atoms with Crippen molar-refractivity contribution >= 4 is 0 Å². The van der Waals surface area contributed by atoms with Crippen LogP contribution in [0.2, 0.25) is 0 Å². The van der Waals surface area contributed by atoms with Crippen molar-refractivity contribution in [2.75, 3.05) is 13.1 Å². The molecule has 2 heterocycles. The van der Waals surface area contributed by atoms with Crippen molar-refractivity contribution in [1.29, 1.82) is 0 Å². The van der Waals surface area contributed by atoms with E-state index in [4.69, 9.17) is 4.52 Å². The molecule has 0 bridgehead atoms. The van der Waals surface area contributed by atoms with Crippen LogP contribution in [0.5, 0.6) is 0 Å². The molecule has 1 aliphatic carbocycles. The van der Waals surface area contributed by atoms with Gasteiger partial charge in [0, 0.05) is 12.5 Å². The van der Waals surface area contributed by atoms with E-state index < -0.39 is 11.6 Å². The lowest BCUT2D eigenvalue weighted by Crippen LogP contribution is -2.44. The molecule has 0 amide bonds. The molecular formula is C13H18F3N3O. The van der Waals surface area contributed by atoms with Crippen molar-refractivity contribution in [2.24, 2.45) is 5.92 Å². The van der Waals surface area contributed by atoms with Crippen LogP contribution < -0.4 is 5.32 Å². The van der Waals surface area contributed by atoms with E-state index in [-0.39, 0.29) is 24.8 Å². The van der Waals surface area contributed by atoms with Crippen LogP contribution in [0.15, 0.2) is 4.52 Å². The van der Waals surface area contributed by atoms with Gasteiger partial charge < -0.3 is 9.84 Å². The average molecular weight is 289 g/mol. The monoisotopic (exact) mass is 289 g/mol. The molecule has 1 aromatic heterocycles. The van der Waals surface area contributed by atoms with Crippen molar-refractivity contribution in [3.8, 4) is 0 Å². The second-order valence-corrected chi connectivity index (χ2v) is 6.08. The quantitative estimate of drug-likeness (QED) is 0.909. The molecule has 4 nitrogen and oxygen atoms in total. The number of alkyl halides is 3. The number of halogens is 3. The zero-order valence-electron chi connectivity index (χ0n) is 11.3. The number of nitrogens with one attached hydrogen (secondary N) is 1. The Kier molecular flexibility index (Phi) is 3.27. The fourth-order valence-corrected chi connectivity index (χ4v) is 3.27. The van der Waals surface area contributed by atoms with E-state index in [1.165, 1.54) is 0 Å². The second-order valence-electron chi connectivity index (χ2n) is 6.08. The molecule has 0 spiro atoms. The van der Waals surface area contributed by atoms with E-state index in [0.29, 0.717) is 18.3 Å². The molecule has 0 radical (unpaired) electrons. The molecule has 7 heteroatoms. The molecule has 3 rings (SSSR count). The summed E-state index contributed by atoms with van der Waals surface area (Å²) >= 11 is 0. The molecule has 2 aliphatic rings. The van der Waals surface area contributed by atoms with Gasteiger partial charge in [0.1, 0.15) is 0 Å². The van der Waals surface area contributed by atoms with Gasteiger partial charge in [-0.2, -0.15) is 18.2 Å². The van der Waals surface area contributed by atoms with Crippen molar-refractivity contribution in [1.82, 2.24) is 15.5 Å². The number of hydrogen-bond acceptors (Lipinski definition) is 4. The van der Waals surface area contributed by atoms with E-state index in [2.05, 4.69) is 22.4 Å². The van der Waals surface area contributed by atoms with Crippen molar-refractivity contribution in [3.63, 3.8) is 0 Å². The number of rotatable bonds is 2. The van der Waals surface area contributed by atoms with Crippen LogP contribution in [-0.2, 0) is 5.41 Å². The zero-order valence-corrected chi connectivity index (χ0v) is 11.3. The third kappa shape index (κ3) is 2.12. The molecule has 3 atom stereocenters. The summed E-state index contributed by atoms with van der Waals surface area (Å²) in [6, 6.07) is 0. The number of nitrogens with zero attached hydrogens (tertiary/aromatic N) is 2. The van der Waals surface area contributed by atoms with Gasteiger partial charge in [0.05, 0.1) is 0 Å². The van der Waals surface area contributed by atoms with Crippen molar-refractivity contribution in [3.05, 3.63) is 11.7 Å². The normalized spacial score (nSPS) is 34.8. The predicted molar refractivity (Wildman–Crippen MR) is 65.3 cm³/mol. The molecule has 1 aliphatic heterocycles. The lowest BCUT2D eigenvalue weighted by atomic mass is 9.86. The SMILES string of the molecule is CC1CCC(c2noc(C3(C(F)(F)F)CCNC3)n2)C1. The lowest BCUT2D eigenvalue weighted by Gasteiger charge is -2.26. The van der Waals surface area contributed by atoms with E-state index in [1.807, 2.05) is 0 Å². The molecule has 0 aromatic carbocycles. The highest BCUT2D eigenvalue weighted by molar-refractivity contribution is 5.15. The minimum atomic E-state index is -4.37. The zero-order chi connectivity index (χ0) is 14.4. The van der Waals surface area contributed by atoms with Crippen LogP contribution in [0.4, 0.5) is 13.2 Å². The van der Waals surface area contributed by atoms with Gasteiger partial charge in [-0.15, -0.1) is 0 Å². The Morgan fingerprint density at radius 1 is 1.35 bits per heavy atom. The van der Waals surface area contributed by atoms with E-state index >= 15 is 0 Å². The Balaban J connectivity index is 1.88. The maximum Gasteiger partial charge on any atom is 0.404 e. The van der Waals surface area contributed by atoms with E-state index in [1.54, 1.807) is 0 Å². The standard InChI is InChI=1S/C13H18F3N3O/c1-8-2-3-9(6-8)10-18-11(20-19-10)12(13(14,15)16)4-5-17-7-12/h8-9,17H,2-7H2,1H3. The van der Waals surface area contributed by atoms with Gasteiger partial charge in [0.15, 0.2) is 11.2 Å². The summed E-state index contributed by atoms with van der Waals surface area (Å²) in [5.74, 6) is 0.887. The van der Waals surface area contributed by atoms with Gasteiger partial charge >= 0.3 is 6.18 Å². The molecule has 1 aromatic rings. The molecule has 1 N–H and O–H groups in total. The fraction of sp³-hybridized carbons (Fsp3) is 0.846. The minimum absolute atomic E-state index is 0.0425. The Hall–Kier alpha value is -1.11. The smallest absolute Gasteiger partial charge is 0.338 e. The van der Waals surface area contributed by atoms with Crippen LogP contribution in [0, 0.1) is 5.92 Å². The van der Waals surface area contributed by atoms with E-state index in [0.717, 1.165) is 19.3 Å². The largest absolute Gasteiger partial charge is 0.404 e. The number of aromatic nitrogens is 2. The van der Waals surface area contributed by atoms with Gasteiger partial charge in [-0.25, -0.2) is 0 Å². The van der Waals surface area contributed by atoms with Gasteiger partial charge in [-0.05, 0) is 38.1 Å². The Morgan fingerprint density at radius 2 is 2.15 bits per heavy atom. The van der Waals surface area contributed by atoms with Crippen LogP contribution >= 0.6 is 0 Å². The molecule has 1 saturated carbocycles. The molecule has 3 unspecified atom stereocenters. The number of hydrogen-bond donors (Lipinski definition) is 1. The van der Waals surface area contributed by atoms with Crippen LogP contribution in [0.25, 0.3) is 0 Å². The van der Waals surface area contributed by atoms with Gasteiger partial charge in [0.25, 0.3) is 0 Å².